The van der Waals surface area contributed by atoms with Crippen LogP contribution in [0.3, 0.4) is 0 Å². The molecule has 1 amide bonds. The molecule has 0 unspecified atom stereocenters. The molecule has 3 heteroatoms. The zero-order chi connectivity index (χ0) is 15.6. The number of nitrogens with one attached hydrogen (secondary N) is 1. The molecule has 0 aliphatic heterocycles. The van der Waals surface area contributed by atoms with E-state index in [1.807, 2.05) is 18.2 Å². The summed E-state index contributed by atoms with van der Waals surface area (Å²) in [5, 5.41) is 3.30. The summed E-state index contributed by atoms with van der Waals surface area (Å²) in [4.78, 5) is 15.1. The van der Waals surface area contributed by atoms with Gasteiger partial charge in [0.25, 0.3) is 0 Å². The second-order valence-corrected chi connectivity index (χ2v) is 7.31. The Hall–Kier alpha value is -1.35. The first-order valence-corrected chi connectivity index (χ1v) is 8.60. The largest absolute Gasteiger partial charge is 0.353 e. The van der Waals surface area contributed by atoms with Gasteiger partial charge in [0, 0.05) is 12.1 Å². The predicted octanol–water partition coefficient (Wildman–Crippen LogP) is 3.10. The van der Waals surface area contributed by atoms with Crippen molar-refractivity contribution in [3.8, 4) is 0 Å². The highest BCUT2D eigenvalue weighted by Gasteiger charge is 2.51. The summed E-state index contributed by atoms with van der Waals surface area (Å²) in [5.41, 5.74) is 1.08. The lowest BCUT2D eigenvalue weighted by Crippen LogP contribution is -2.55. The van der Waals surface area contributed by atoms with Crippen LogP contribution in [0.2, 0.25) is 0 Å². The van der Waals surface area contributed by atoms with E-state index in [1.54, 1.807) is 0 Å². The number of likely N-dealkylation sites (N-methyl/N-ethyl adjacent to an activating group) is 1. The molecule has 0 aromatic heterocycles. The van der Waals surface area contributed by atoms with Gasteiger partial charge in [-0.2, -0.15) is 0 Å². The SMILES string of the molecule is CN(C)C1(CNC(=O)C2(c3ccccc3)CC2)CCCCC1. The lowest BCUT2D eigenvalue weighted by molar-refractivity contribution is -0.124. The van der Waals surface area contributed by atoms with Crippen LogP contribution >= 0.6 is 0 Å². The summed E-state index contributed by atoms with van der Waals surface area (Å²) in [6.07, 6.45) is 8.24. The first kappa shape index (κ1) is 15.5. The molecular weight excluding hydrogens is 272 g/mol. The Morgan fingerprint density at radius 1 is 1.05 bits per heavy atom. The molecule has 1 N–H and O–H groups in total. The minimum atomic E-state index is -0.247. The smallest absolute Gasteiger partial charge is 0.230 e. The lowest BCUT2D eigenvalue weighted by Gasteiger charge is -2.43. The van der Waals surface area contributed by atoms with Gasteiger partial charge in [-0.25, -0.2) is 0 Å². The highest BCUT2D eigenvalue weighted by molar-refractivity contribution is 5.91. The van der Waals surface area contributed by atoms with E-state index in [1.165, 1.54) is 37.7 Å². The van der Waals surface area contributed by atoms with E-state index in [-0.39, 0.29) is 16.9 Å². The second-order valence-electron chi connectivity index (χ2n) is 7.31. The molecule has 120 valence electrons. The van der Waals surface area contributed by atoms with Gasteiger partial charge in [0.1, 0.15) is 0 Å². The van der Waals surface area contributed by atoms with Gasteiger partial charge in [0.15, 0.2) is 0 Å². The molecule has 0 spiro atoms. The summed E-state index contributed by atoms with van der Waals surface area (Å²) in [5.74, 6) is 0.227. The standard InChI is InChI=1S/C19H28N2O/c1-21(2)18(11-7-4-8-12-18)15-20-17(22)19(13-14-19)16-9-5-3-6-10-16/h3,5-6,9-10H,4,7-8,11-15H2,1-2H3,(H,20,22). The maximum absolute atomic E-state index is 12.8. The number of rotatable bonds is 5. The summed E-state index contributed by atoms with van der Waals surface area (Å²) in [6, 6.07) is 10.3. The average molecular weight is 300 g/mol. The minimum Gasteiger partial charge on any atom is -0.353 e. The number of amides is 1. The third-order valence-corrected chi connectivity index (χ3v) is 5.82. The van der Waals surface area contributed by atoms with Crippen molar-refractivity contribution in [2.45, 2.75) is 55.9 Å². The molecule has 2 saturated carbocycles. The Kier molecular flexibility index (Phi) is 4.26. The van der Waals surface area contributed by atoms with Crippen molar-refractivity contribution in [1.29, 1.82) is 0 Å². The van der Waals surface area contributed by atoms with E-state index < -0.39 is 0 Å². The summed E-state index contributed by atoms with van der Waals surface area (Å²) >= 11 is 0. The van der Waals surface area contributed by atoms with Crippen LogP contribution in [0.25, 0.3) is 0 Å². The molecule has 0 bridgehead atoms. The zero-order valence-corrected chi connectivity index (χ0v) is 13.9. The molecular formula is C19H28N2O. The van der Waals surface area contributed by atoms with Crippen LogP contribution in [-0.4, -0.2) is 37.0 Å². The molecule has 2 aliphatic rings. The fourth-order valence-corrected chi connectivity index (χ4v) is 3.94. The third-order valence-electron chi connectivity index (χ3n) is 5.82. The van der Waals surface area contributed by atoms with Crippen molar-refractivity contribution in [2.24, 2.45) is 0 Å². The van der Waals surface area contributed by atoms with Gasteiger partial charge < -0.3 is 10.2 Å². The second kappa shape index (κ2) is 6.04. The first-order valence-electron chi connectivity index (χ1n) is 8.60. The van der Waals surface area contributed by atoms with E-state index in [0.29, 0.717) is 0 Å². The normalized spacial score (nSPS) is 22.3. The summed E-state index contributed by atoms with van der Waals surface area (Å²) in [6.45, 7) is 0.785. The Labute approximate surface area is 134 Å². The predicted molar refractivity (Wildman–Crippen MR) is 89.9 cm³/mol. The molecule has 0 atom stereocenters. The van der Waals surface area contributed by atoms with Gasteiger partial charge in [-0.15, -0.1) is 0 Å². The number of hydrogen-bond acceptors (Lipinski definition) is 2. The number of hydrogen-bond donors (Lipinski definition) is 1. The summed E-state index contributed by atoms with van der Waals surface area (Å²) < 4.78 is 0. The van der Waals surface area contributed by atoms with Crippen molar-refractivity contribution < 1.29 is 4.79 Å². The van der Waals surface area contributed by atoms with Crippen LogP contribution in [0, 0.1) is 0 Å². The maximum Gasteiger partial charge on any atom is 0.230 e. The molecule has 0 saturated heterocycles. The van der Waals surface area contributed by atoms with Crippen molar-refractivity contribution >= 4 is 5.91 Å². The molecule has 2 aliphatic carbocycles. The highest BCUT2D eigenvalue weighted by Crippen LogP contribution is 2.48. The van der Waals surface area contributed by atoms with Gasteiger partial charge in [0.2, 0.25) is 5.91 Å². The van der Waals surface area contributed by atoms with Gasteiger partial charge in [-0.05, 0) is 45.3 Å². The number of benzene rings is 1. The van der Waals surface area contributed by atoms with Gasteiger partial charge in [-0.1, -0.05) is 49.6 Å². The van der Waals surface area contributed by atoms with Gasteiger partial charge in [-0.3, -0.25) is 4.79 Å². The van der Waals surface area contributed by atoms with Crippen LogP contribution in [0.5, 0.6) is 0 Å². The van der Waals surface area contributed by atoms with Crippen LogP contribution in [0.4, 0.5) is 0 Å². The first-order chi connectivity index (χ1) is 10.6. The minimum absolute atomic E-state index is 0.153. The summed E-state index contributed by atoms with van der Waals surface area (Å²) in [7, 11) is 4.31. The molecule has 1 aromatic rings. The molecule has 2 fully saturated rings. The van der Waals surface area contributed by atoms with E-state index in [9.17, 15) is 4.79 Å². The van der Waals surface area contributed by atoms with Crippen molar-refractivity contribution in [1.82, 2.24) is 10.2 Å². The number of carbonyl (C=O) groups excluding carboxylic acids is 1. The molecule has 1 aromatic carbocycles. The lowest BCUT2D eigenvalue weighted by atomic mass is 9.80. The zero-order valence-electron chi connectivity index (χ0n) is 13.9. The van der Waals surface area contributed by atoms with Gasteiger partial charge in [0.05, 0.1) is 5.41 Å². The van der Waals surface area contributed by atoms with E-state index in [2.05, 4.69) is 36.4 Å². The Morgan fingerprint density at radius 2 is 1.68 bits per heavy atom. The fraction of sp³-hybridized carbons (Fsp3) is 0.632. The molecule has 3 rings (SSSR count). The Morgan fingerprint density at radius 3 is 2.23 bits per heavy atom. The Bertz CT molecular complexity index is 513. The maximum atomic E-state index is 12.8. The van der Waals surface area contributed by atoms with Crippen LogP contribution in [0.1, 0.15) is 50.5 Å². The average Bonchev–Trinajstić information content (AvgIpc) is 3.36. The number of nitrogens with zero attached hydrogens (tertiary/aromatic N) is 1. The van der Waals surface area contributed by atoms with Crippen LogP contribution in [-0.2, 0) is 10.2 Å². The molecule has 3 nitrogen and oxygen atoms in total. The van der Waals surface area contributed by atoms with Crippen LogP contribution < -0.4 is 5.32 Å². The monoisotopic (exact) mass is 300 g/mol. The molecule has 0 heterocycles. The third kappa shape index (κ3) is 2.79. The quantitative estimate of drug-likeness (QED) is 0.906. The highest BCUT2D eigenvalue weighted by atomic mass is 16.2. The van der Waals surface area contributed by atoms with Crippen molar-refractivity contribution in [3.05, 3.63) is 35.9 Å². The topological polar surface area (TPSA) is 32.3 Å². The Balaban J connectivity index is 1.67. The van der Waals surface area contributed by atoms with Crippen LogP contribution in [0.15, 0.2) is 30.3 Å². The van der Waals surface area contributed by atoms with Crippen molar-refractivity contribution in [2.75, 3.05) is 20.6 Å². The molecule has 0 radical (unpaired) electrons. The van der Waals surface area contributed by atoms with Gasteiger partial charge >= 0.3 is 0 Å². The van der Waals surface area contributed by atoms with Crippen molar-refractivity contribution in [3.63, 3.8) is 0 Å². The van der Waals surface area contributed by atoms with E-state index in [4.69, 9.17) is 0 Å². The fourth-order valence-electron chi connectivity index (χ4n) is 3.94. The number of carbonyl (C=O) groups is 1. The van der Waals surface area contributed by atoms with E-state index >= 15 is 0 Å². The molecule has 22 heavy (non-hydrogen) atoms. The van der Waals surface area contributed by atoms with E-state index in [0.717, 1.165) is 19.4 Å².